The Morgan fingerprint density at radius 2 is 1.80 bits per heavy atom. The van der Waals surface area contributed by atoms with E-state index in [1.165, 1.54) is 0 Å². The molecule has 7 rings (SSSR count). The van der Waals surface area contributed by atoms with Crippen LogP contribution in [0.15, 0.2) is 71.8 Å². The number of anilines is 1. The first-order chi connectivity index (χ1) is 27.0. The maximum absolute atomic E-state index is 13.9. The highest BCUT2D eigenvalue weighted by atomic mass is 16.2. The van der Waals surface area contributed by atoms with E-state index in [1.54, 1.807) is 6.20 Å². The third kappa shape index (κ3) is 8.30. The molecule has 3 aromatic heterocycles. The van der Waals surface area contributed by atoms with E-state index in [0.717, 1.165) is 95.5 Å². The number of rotatable bonds is 12. The number of hydrogen-bond donors (Lipinski definition) is 3. The minimum absolute atomic E-state index is 0.0897. The van der Waals surface area contributed by atoms with E-state index in [2.05, 4.69) is 88.7 Å². The fraction of sp³-hybridized carbons (Fsp3) is 0.409. The Bertz CT molecular complexity index is 2300. The van der Waals surface area contributed by atoms with Crippen LogP contribution < -0.4 is 21.1 Å². The Morgan fingerprint density at radius 1 is 1.00 bits per heavy atom. The van der Waals surface area contributed by atoms with Gasteiger partial charge < -0.3 is 15.2 Å². The average molecular weight is 757 g/mol. The van der Waals surface area contributed by atoms with Gasteiger partial charge in [0.05, 0.1) is 23.2 Å². The smallest absolute Gasteiger partial charge is 0.253 e. The molecule has 3 amide bonds. The van der Waals surface area contributed by atoms with Crippen LogP contribution in [0.3, 0.4) is 0 Å². The monoisotopic (exact) mass is 756 g/mol. The van der Waals surface area contributed by atoms with Crippen LogP contribution in [0.1, 0.15) is 103 Å². The lowest BCUT2D eigenvalue weighted by Crippen LogP contribution is -2.43. The topological polar surface area (TPSA) is 145 Å². The van der Waals surface area contributed by atoms with Gasteiger partial charge in [-0.3, -0.25) is 34.1 Å². The summed E-state index contributed by atoms with van der Waals surface area (Å²) in [5.41, 5.74) is 7.44. The molecule has 0 aliphatic carbocycles. The lowest BCUT2D eigenvalue weighted by Gasteiger charge is -2.37. The van der Waals surface area contributed by atoms with E-state index in [-0.39, 0.29) is 41.8 Å². The number of nitrogens with zero attached hydrogens (tertiary/aromatic N) is 5. The molecule has 12 nitrogen and oxygen atoms in total. The van der Waals surface area contributed by atoms with Crippen molar-refractivity contribution in [3.8, 4) is 11.1 Å². The number of aromatic amines is 1. The van der Waals surface area contributed by atoms with Gasteiger partial charge in [-0.15, -0.1) is 0 Å². The summed E-state index contributed by atoms with van der Waals surface area (Å²) in [7, 11) is 2.16. The average Bonchev–Trinajstić information content (AvgIpc) is 3.62. The Balaban J connectivity index is 1.03. The molecule has 2 aromatic carbocycles. The minimum atomic E-state index is -0.283. The number of hydrogen-bond acceptors (Lipinski definition) is 8. The summed E-state index contributed by atoms with van der Waals surface area (Å²) in [5, 5.41) is 10.9. The lowest BCUT2D eigenvalue weighted by molar-refractivity contribution is -0.134. The number of H-pyrrole nitrogens is 1. The summed E-state index contributed by atoms with van der Waals surface area (Å²) >= 11 is 0. The fourth-order valence-electron chi connectivity index (χ4n) is 8.26. The molecule has 3 N–H and O–H groups in total. The first-order valence-electron chi connectivity index (χ1n) is 19.8. The first kappa shape index (κ1) is 38.6. The molecule has 56 heavy (non-hydrogen) atoms. The largest absolute Gasteiger partial charge is 0.357 e. The van der Waals surface area contributed by atoms with Crippen molar-refractivity contribution in [2.75, 3.05) is 25.0 Å². The van der Waals surface area contributed by atoms with Crippen LogP contribution in [0.25, 0.3) is 22.0 Å². The summed E-state index contributed by atoms with van der Waals surface area (Å²) in [6.07, 6.45) is 8.20. The zero-order chi connectivity index (χ0) is 39.5. The fourth-order valence-corrected chi connectivity index (χ4v) is 8.26. The number of carbonyl (C=O) groups excluding carboxylic acids is 3. The van der Waals surface area contributed by atoms with E-state index < -0.39 is 0 Å². The van der Waals surface area contributed by atoms with Crippen molar-refractivity contribution in [2.24, 2.45) is 0 Å². The Kier molecular flexibility index (Phi) is 11.5. The van der Waals surface area contributed by atoms with Crippen molar-refractivity contribution >= 4 is 34.4 Å². The molecule has 292 valence electrons. The highest BCUT2D eigenvalue weighted by Gasteiger charge is 2.29. The van der Waals surface area contributed by atoms with Gasteiger partial charge in [0.2, 0.25) is 11.8 Å². The van der Waals surface area contributed by atoms with Crippen molar-refractivity contribution in [3.63, 3.8) is 0 Å². The van der Waals surface area contributed by atoms with Gasteiger partial charge in [-0.2, -0.15) is 5.10 Å². The van der Waals surface area contributed by atoms with Gasteiger partial charge in [0.1, 0.15) is 5.82 Å². The molecule has 0 bridgehead atoms. The molecule has 2 aliphatic rings. The van der Waals surface area contributed by atoms with Gasteiger partial charge >= 0.3 is 0 Å². The maximum Gasteiger partial charge on any atom is 0.253 e. The van der Waals surface area contributed by atoms with Crippen molar-refractivity contribution < 1.29 is 14.4 Å². The number of pyridine rings is 2. The predicted molar refractivity (Wildman–Crippen MR) is 219 cm³/mol. The lowest BCUT2D eigenvalue weighted by atomic mass is 9.89. The second-order valence-electron chi connectivity index (χ2n) is 15.6. The summed E-state index contributed by atoms with van der Waals surface area (Å²) < 4.78 is 1.93. The van der Waals surface area contributed by atoms with Crippen LogP contribution >= 0.6 is 0 Å². The van der Waals surface area contributed by atoms with E-state index in [1.807, 2.05) is 42.1 Å². The summed E-state index contributed by atoms with van der Waals surface area (Å²) in [6.45, 7) is 10.8. The highest BCUT2D eigenvalue weighted by Crippen LogP contribution is 2.31. The predicted octanol–water partition coefficient (Wildman–Crippen LogP) is 6.18. The van der Waals surface area contributed by atoms with Crippen molar-refractivity contribution in [1.82, 2.24) is 35.3 Å². The molecule has 0 radical (unpaired) electrons. The standard InChI is InChI=1S/C44H52N8O4/c1-6-8-30-19-28(4)48-44(56)37(30)24-46-42(54)36-21-33(22-39-38(36)25-47-52(39)27(2)3)32-11-13-40(45-23-32)51-17-15-34(16-18-51)50(5)26-29-9-7-10-31(20-29)35-12-14-41(53)49-43(35)55/h7,9-11,13,19-23,25,27,34-35H,6,8,12,14-18,24,26H2,1-5H3,(H,46,54)(H,48,56)(H,49,53,55). The molecule has 5 heterocycles. The number of amides is 3. The second kappa shape index (κ2) is 16.6. The number of aromatic nitrogens is 4. The molecule has 2 fully saturated rings. The second-order valence-corrected chi connectivity index (χ2v) is 15.6. The number of aryl methyl sites for hydroxylation is 2. The van der Waals surface area contributed by atoms with Crippen LogP contribution in [-0.2, 0) is 29.1 Å². The number of piperidine rings is 2. The van der Waals surface area contributed by atoms with E-state index in [4.69, 9.17) is 4.98 Å². The molecule has 1 atom stereocenters. The molecular formula is C44H52N8O4. The van der Waals surface area contributed by atoms with Gasteiger partial charge in [0.15, 0.2) is 0 Å². The van der Waals surface area contributed by atoms with E-state index in [9.17, 15) is 19.2 Å². The molecule has 1 unspecified atom stereocenters. The van der Waals surface area contributed by atoms with Crippen LogP contribution in [0.2, 0.25) is 0 Å². The molecule has 2 aliphatic heterocycles. The molecule has 0 spiro atoms. The van der Waals surface area contributed by atoms with Gasteiger partial charge in [0, 0.05) is 73.1 Å². The number of nitrogens with one attached hydrogen (secondary N) is 3. The Hall–Kier alpha value is -5.62. The van der Waals surface area contributed by atoms with E-state index >= 15 is 0 Å². The maximum atomic E-state index is 13.9. The van der Waals surface area contributed by atoms with Crippen molar-refractivity contribution in [3.05, 3.63) is 111 Å². The van der Waals surface area contributed by atoms with E-state index in [0.29, 0.717) is 30.0 Å². The number of fused-ring (bicyclic) bond motifs is 1. The highest BCUT2D eigenvalue weighted by molar-refractivity contribution is 6.08. The Morgan fingerprint density at radius 3 is 2.52 bits per heavy atom. The van der Waals surface area contributed by atoms with Gasteiger partial charge in [0.25, 0.3) is 11.5 Å². The van der Waals surface area contributed by atoms with Crippen LogP contribution in [0.4, 0.5) is 5.82 Å². The first-order valence-corrected chi connectivity index (χ1v) is 19.8. The van der Waals surface area contributed by atoms with Crippen LogP contribution in [0.5, 0.6) is 0 Å². The van der Waals surface area contributed by atoms with Gasteiger partial charge in [-0.05, 0) is 106 Å². The van der Waals surface area contributed by atoms with Gasteiger partial charge in [-0.1, -0.05) is 37.6 Å². The summed E-state index contributed by atoms with van der Waals surface area (Å²) in [5.74, 6) is -0.0254. The normalized spacial score (nSPS) is 16.6. The van der Waals surface area contributed by atoms with Crippen molar-refractivity contribution in [2.45, 2.75) is 97.3 Å². The molecular weight excluding hydrogens is 705 g/mol. The molecule has 12 heteroatoms. The Labute approximate surface area is 327 Å². The number of carbonyl (C=O) groups is 3. The molecule has 2 saturated heterocycles. The zero-order valence-corrected chi connectivity index (χ0v) is 33.0. The quantitative estimate of drug-likeness (QED) is 0.128. The SMILES string of the molecule is CCCc1cc(C)[nH]c(=O)c1CNC(=O)c1cc(-c2ccc(N3CCC(N(C)Cc4cccc(C5CCC(=O)NC5=O)c4)CC3)nc2)cc2c1cnn2C(C)C. The third-order valence-electron chi connectivity index (χ3n) is 11.3. The zero-order valence-electron chi connectivity index (χ0n) is 33.0. The molecule has 0 saturated carbocycles. The van der Waals surface area contributed by atoms with Crippen molar-refractivity contribution in [1.29, 1.82) is 0 Å². The molecule has 5 aromatic rings. The minimum Gasteiger partial charge on any atom is -0.357 e. The summed E-state index contributed by atoms with van der Waals surface area (Å²) in [4.78, 5) is 63.4. The van der Waals surface area contributed by atoms with Crippen LogP contribution in [-0.4, -0.2) is 68.5 Å². The summed E-state index contributed by atoms with van der Waals surface area (Å²) in [6, 6.07) is 18.8. The van der Waals surface area contributed by atoms with Gasteiger partial charge in [-0.25, -0.2) is 4.98 Å². The van der Waals surface area contributed by atoms with Crippen LogP contribution in [0, 0.1) is 6.92 Å². The number of imide groups is 1. The number of benzene rings is 2. The third-order valence-corrected chi connectivity index (χ3v) is 11.3.